The third kappa shape index (κ3) is 2.23. The molecule has 0 saturated carbocycles. The van der Waals surface area contributed by atoms with Crippen molar-refractivity contribution in [2.45, 2.75) is 6.18 Å². The molecule has 0 aliphatic carbocycles. The van der Waals surface area contributed by atoms with Crippen LogP contribution in [0.2, 0.25) is 0 Å². The summed E-state index contributed by atoms with van der Waals surface area (Å²) in [5.74, 6) is -1.95. The third-order valence-electron chi connectivity index (χ3n) is 1.33. The van der Waals surface area contributed by atoms with E-state index in [-0.39, 0.29) is 9.64 Å². The highest BCUT2D eigenvalue weighted by Crippen LogP contribution is 2.38. The lowest BCUT2D eigenvalue weighted by Gasteiger charge is -2.09. The number of aromatic hydroxyl groups is 1. The molecule has 0 atom stereocenters. The minimum Gasteiger partial charge on any atom is -0.506 e. The van der Waals surface area contributed by atoms with Crippen LogP contribution in [-0.2, 0) is 6.18 Å². The van der Waals surface area contributed by atoms with Gasteiger partial charge in [0.1, 0.15) is 17.1 Å². The predicted octanol–water partition coefficient (Wildman–Crippen LogP) is 3.15. The number of alkyl halides is 3. The van der Waals surface area contributed by atoms with E-state index in [2.05, 4.69) is 0 Å². The average molecular weight is 306 g/mol. The van der Waals surface area contributed by atoms with Gasteiger partial charge in [0, 0.05) is 0 Å². The molecule has 13 heavy (non-hydrogen) atoms. The van der Waals surface area contributed by atoms with Crippen molar-refractivity contribution in [1.82, 2.24) is 0 Å². The van der Waals surface area contributed by atoms with Crippen molar-refractivity contribution in [1.29, 1.82) is 0 Å². The van der Waals surface area contributed by atoms with Crippen LogP contribution in [0.1, 0.15) is 5.56 Å². The molecule has 72 valence electrons. The topological polar surface area (TPSA) is 20.2 Å². The zero-order valence-electron chi connectivity index (χ0n) is 5.99. The zero-order chi connectivity index (χ0) is 10.2. The van der Waals surface area contributed by atoms with Crippen molar-refractivity contribution in [3.8, 4) is 5.75 Å². The smallest absolute Gasteiger partial charge is 0.420 e. The van der Waals surface area contributed by atoms with Crippen molar-refractivity contribution in [2.24, 2.45) is 0 Å². The van der Waals surface area contributed by atoms with Crippen molar-refractivity contribution >= 4 is 22.6 Å². The van der Waals surface area contributed by atoms with E-state index < -0.39 is 23.3 Å². The minimum absolute atomic E-state index is 0.162. The van der Waals surface area contributed by atoms with Crippen LogP contribution in [0.15, 0.2) is 12.1 Å². The van der Waals surface area contributed by atoms with Crippen molar-refractivity contribution in [3.63, 3.8) is 0 Å². The van der Waals surface area contributed by atoms with E-state index >= 15 is 0 Å². The van der Waals surface area contributed by atoms with E-state index in [1.54, 1.807) is 0 Å². The van der Waals surface area contributed by atoms with E-state index in [4.69, 9.17) is 5.11 Å². The zero-order valence-corrected chi connectivity index (χ0v) is 8.15. The molecule has 0 aromatic heterocycles. The van der Waals surface area contributed by atoms with Gasteiger partial charge in [-0.3, -0.25) is 0 Å². The van der Waals surface area contributed by atoms with Crippen LogP contribution in [-0.4, -0.2) is 5.11 Å². The van der Waals surface area contributed by atoms with E-state index in [9.17, 15) is 17.6 Å². The molecule has 0 saturated heterocycles. The van der Waals surface area contributed by atoms with Crippen LogP contribution in [0.3, 0.4) is 0 Å². The molecular weight excluding hydrogens is 303 g/mol. The lowest BCUT2D eigenvalue weighted by atomic mass is 10.2. The van der Waals surface area contributed by atoms with Gasteiger partial charge >= 0.3 is 6.18 Å². The lowest BCUT2D eigenvalue weighted by molar-refractivity contribution is -0.139. The first-order valence-corrected chi connectivity index (χ1v) is 4.15. The molecule has 0 aliphatic rings. The van der Waals surface area contributed by atoms with Gasteiger partial charge in [0.25, 0.3) is 0 Å². The molecule has 0 spiro atoms. The van der Waals surface area contributed by atoms with Gasteiger partial charge in [0.15, 0.2) is 0 Å². The van der Waals surface area contributed by atoms with Crippen molar-refractivity contribution in [3.05, 3.63) is 27.1 Å². The first-order valence-electron chi connectivity index (χ1n) is 3.07. The molecular formula is C7H3F4IO. The highest BCUT2D eigenvalue weighted by Gasteiger charge is 2.35. The van der Waals surface area contributed by atoms with Gasteiger partial charge < -0.3 is 5.11 Å². The van der Waals surface area contributed by atoms with Crippen LogP contribution in [0.25, 0.3) is 0 Å². The highest BCUT2D eigenvalue weighted by atomic mass is 127. The van der Waals surface area contributed by atoms with Gasteiger partial charge in [-0.2, -0.15) is 13.2 Å². The molecule has 1 aromatic rings. The number of benzene rings is 1. The van der Waals surface area contributed by atoms with E-state index in [1.807, 2.05) is 0 Å². The Morgan fingerprint density at radius 1 is 1.23 bits per heavy atom. The van der Waals surface area contributed by atoms with Gasteiger partial charge in [-0.1, -0.05) is 0 Å². The van der Waals surface area contributed by atoms with E-state index in [1.165, 1.54) is 22.6 Å². The van der Waals surface area contributed by atoms with Crippen LogP contribution in [0.4, 0.5) is 17.6 Å². The van der Waals surface area contributed by atoms with Crippen LogP contribution >= 0.6 is 22.6 Å². The van der Waals surface area contributed by atoms with Crippen molar-refractivity contribution < 1.29 is 22.7 Å². The Hall–Kier alpha value is -0.530. The molecule has 6 heteroatoms. The maximum absolute atomic E-state index is 12.5. The van der Waals surface area contributed by atoms with E-state index in [0.717, 1.165) is 6.07 Å². The Labute approximate surface area is 84.5 Å². The Balaban J connectivity index is 3.37. The quantitative estimate of drug-likeness (QED) is 0.577. The molecule has 0 bridgehead atoms. The Morgan fingerprint density at radius 2 is 1.77 bits per heavy atom. The molecule has 0 unspecified atom stereocenters. The summed E-state index contributed by atoms with van der Waals surface area (Å²) >= 11 is 1.43. The molecule has 1 aromatic carbocycles. The predicted molar refractivity (Wildman–Crippen MR) is 45.8 cm³/mol. The summed E-state index contributed by atoms with van der Waals surface area (Å²) in [6, 6.07) is 1.09. The van der Waals surface area contributed by atoms with E-state index in [0.29, 0.717) is 0 Å². The first-order chi connectivity index (χ1) is 5.82. The molecule has 0 fully saturated rings. The lowest BCUT2D eigenvalue weighted by Crippen LogP contribution is -2.06. The fourth-order valence-electron chi connectivity index (χ4n) is 0.782. The number of hydrogen-bond donors (Lipinski definition) is 1. The molecule has 0 heterocycles. The second-order valence-electron chi connectivity index (χ2n) is 2.28. The Bertz CT molecular complexity index is 334. The second-order valence-corrected chi connectivity index (χ2v) is 3.44. The summed E-state index contributed by atoms with van der Waals surface area (Å²) in [7, 11) is 0. The first kappa shape index (κ1) is 10.6. The summed E-state index contributed by atoms with van der Waals surface area (Å²) < 4.78 is 48.6. The van der Waals surface area contributed by atoms with Gasteiger partial charge in [0.2, 0.25) is 0 Å². The van der Waals surface area contributed by atoms with Gasteiger partial charge in [-0.05, 0) is 34.7 Å². The summed E-state index contributed by atoms with van der Waals surface area (Å²) in [5, 5.41) is 8.96. The van der Waals surface area contributed by atoms with Gasteiger partial charge in [-0.25, -0.2) is 4.39 Å². The van der Waals surface area contributed by atoms with Gasteiger partial charge in [0.05, 0.1) is 3.57 Å². The van der Waals surface area contributed by atoms with Crippen LogP contribution < -0.4 is 0 Å². The summed E-state index contributed by atoms with van der Waals surface area (Å²) in [6.45, 7) is 0. The molecule has 0 radical (unpaired) electrons. The maximum atomic E-state index is 12.5. The number of hydrogen-bond acceptors (Lipinski definition) is 1. The monoisotopic (exact) mass is 306 g/mol. The second kappa shape index (κ2) is 3.32. The summed E-state index contributed by atoms with van der Waals surface area (Å²) in [6.07, 6.45) is -4.73. The third-order valence-corrected chi connectivity index (χ3v) is 2.16. The normalized spacial score (nSPS) is 11.8. The summed E-state index contributed by atoms with van der Waals surface area (Å²) in [5.41, 5.74) is -1.35. The molecule has 1 rings (SSSR count). The Kier molecular flexibility index (Phi) is 2.69. The average Bonchev–Trinajstić information content (AvgIpc) is 1.94. The number of halogens is 5. The minimum atomic E-state index is -4.73. The van der Waals surface area contributed by atoms with Gasteiger partial charge in [-0.15, -0.1) is 0 Å². The molecule has 1 N–H and O–H groups in total. The molecule has 0 aliphatic heterocycles. The fourth-order valence-corrected chi connectivity index (χ4v) is 1.37. The summed E-state index contributed by atoms with van der Waals surface area (Å²) in [4.78, 5) is 0. The highest BCUT2D eigenvalue weighted by molar-refractivity contribution is 14.1. The largest absolute Gasteiger partial charge is 0.506 e. The van der Waals surface area contributed by atoms with Crippen LogP contribution in [0, 0.1) is 9.39 Å². The molecule has 1 nitrogen and oxygen atoms in total. The SMILES string of the molecule is Oc1c(I)cc(F)cc1C(F)(F)F. The fraction of sp³-hybridized carbons (Fsp3) is 0.143. The van der Waals surface area contributed by atoms with Crippen LogP contribution in [0.5, 0.6) is 5.75 Å². The number of phenolic OH excluding ortho intramolecular Hbond substituents is 1. The maximum Gasteiger partial charge on any atom is 0.420 e. The number of phenols is 1. The molecule has 0 amide bonds. The number of rotatable bonds is 0. The standard InChI is InChI=1S/C7H3F4IO/c8-3-1-4(7(9,10)11)6(13)5(12)2-3/h1-2,13H. The van der Waals surface area contributed by atoms with Crippen molar-refractivity contribution in [2.75, 3.05) is 0 Å². The Morgan fingerprint density at radius 3 is 2.23 bits per heavy atom.